The van der Waals surface area contributed by atoms with Crippen molar-refractivity contribution in [3.05, 3.63) is 41.4 Å². The molecule has 2 aliphatic heterocycles. The largest absolute Gasteiger partial charge is 0.377 e. The highest BCUT2D eigenvalue weighted by Crippen LogP contribution is 2.29. The summed E-state index contributed by atoms with van der Waals surface area (Å²) in [5, 5.41) is 0. The van der Waals surface area contributed by atoms with Crippen molar-refractivity contribution < 1.29 is 14.3 Å². The number of carbonyl (C=O) groups is 2. The van der Waals surface area contributed by atoms with Crippen LogP contribution in [0, 0.1) is 11.8 Å². The van der Waals surface area contributed by atoms with Crippen LogP contribution in [0.5, 0.6) is 0 Å². The summed E-state index contributed by atoms with van der Waals surface area (Å²) < 4.78 is 6.46. The summed E-state index contributed by atoms with van der Waals surface area (Å²) in [5.74, 6) is 0.396. The van der Waals surface area contributed by atoms with E-state index in [1.165, 1.54) is 0 Å². The summed E-state index contributed by atoms with van der Waals surface area (Å²) in [6, 6.07) is 7.65. The van der Waals surface area contributed by atoms with Gasteiger partial charge in [-0.2, -0.15) is 0 Å². The van der Waals surface area contributed by atoms with Crippen LogP contribution in [0.1, 0.15) is 19.3 Å². The smallest absolute Gasteiger partial charge is 0.228 e. The van der Waals surface area contributed by atoms with Crippen molar-refractivity contribution in [3.63, 3.8) is 0 Å². The first-order chi connectivity index (χ1) is 12.6. The third kappa shape index (κ3) is 4.54. The number of carbonyl (C=O) groups excluding carboxylic acids is 2. The first kappa shape index (κ1) is 19.1. The summed E-state index contributed by atoms with van der Waals surface area (Å²) in [6.07, 6.45) is 3.97. The Morgan fingerprint density at radius 1 is 1.35 bits per heavy atom. The zero-order valence-corrected chi connectivity index (χ0v) is 16.5. The number of piperidine rings is 1. The van der Waals surface area contributed by atoms with Gasteiger partial charge < -0.3 is 14.5 Å². The van der Waals surface area contributed by atoms with E-state index in [2.05, 4.69) is 22.5 Å². The van der Waals surface area contributed by atoms with Crippen molar-refractivity contribution in [2.24, 2.45) is 11.8 Å². The van der Waals surface area contributed by atoms with E-state index in [0.29, 0.717) is 25.5 Å². The molecule has 0 aromatic heterocycles. The minimum absolute atomic E-state index is 0.0224. The van der Waals surface area contributed by atoms with Crippen LogP contribution < -0.4 is 4.90 Å². The van der Waals surface area contributed by atoms with Gasteiger partial charge in [0.2, 0.25) is 11.8 Å². The summed E-state index contributed by atoms with van der Waals surface area (Å²) >= 11 is 3.43. The minimum Gasteiger partial charge on any atom is -0.377 e. The second kappa shape index (κ2) is 8.82. The molecule has 1 unspecified atom stereocenters. The van der Waals surface area contributed by atoms with Crippen LogP contribution in [0.4, 0.5) is 5.69 Å². The molecular formula is C20H25BrN2O3. The molecule has 1 atom stereocenters. The van der Waals surface area contributed by atoms with Crippen LogP contribution in [0.15, 0.2) is 41.4 Å². The van der Waals surface area contributed by atoms with E-state index in [9.17, 15) is 9.59 Å². The van der Waals surface area contributed by atoms with Crippen molar-refractivity contribution in [1.29, 1.82) is 0 Å². The molecule has 140 valence electrons. The molecule has 0 spiro atoms. The average Bonchev–Trinajstić information content (AvgIpc) is 3.04. The first-order valence-corrected chi connectivity index (χ1v) is 9.91. The van der Waals surface area contributed by atoms with Crippen LogP contribution in [0.3, 0.4) is 0 Å². The lowest BCUT2D eigenvalue weighted by atomic mass is 9.96. The number of benzene rings is 1. The molecule has 0 aliphatic carbocycles. The Bertz CT molecular complexity index is 671. The molecule has 0 bridgehead atoms. The predicted molar refractivity (Wildman–Crippen MR) is 105 cm³/mol. The molecular weight excluding hydrogens is 396 g/mol. The monoisotopic (exact) mass is 420 g/mol. The summed E-state index contributed by atoms with van der Waals surface area (Å²) in [5.41, 5.74) is 0.845. The number of hydrogen-bond donors (Lipinski definition) is 0. The number of ether oxygens (including phenoxy) is 1. The molecule has 2 aliphatic rings. The second-order valence-corrected chi connectivity index (χ2v) is 7.90. The fourth-order valence-electron chi connectivity index (χ4n) is 3.66. The van der Waals surface area contributed by atoms with Gasteiger partial charge in [0.25, 0.3) is 0 Å². The SMILES string of the molecule is C=CCOCC1CCN(C(=O)C2CC(=O)N(c3cccc(Br)c3)C2)CC1. The molecule has 0 N–H and O–H groups in total. The number of likely N-dealkylation sites (tertiary alicyclic amines) is 1. The van der Waals surface area contributed by atoms with Crippen molar-refractivity contribution >= 4 is 33.4 Å². The molecule has 1 aromatic carbocycles. The highest BCUT2D eigenvalue weighted by Gasteiger charge is 2.38. The van der Waals surface area contributed by atoms with Crippen molar-refractivity contribution in [3.8, 4) is 0 Å². The van der Waals surface area contributed by atoms with Crippen LogP contribution in [0.25, 0.3) is 0 Å². The molecule has 3 rings (SSSR count). The maximum Gasteiger partial charge on any atom is 0.228 e. The topological polar surface area (TPSA) is 49.9 Å². The highest BCUT2D eigenvalue weighted by atomic mass is 79.9. The van der Waals surface area contributed by atoms with Gasteiger partial charge in [-0.05, 0) is 37.0 Å². The molecule has 2 amide bonds. The lowest BCUT2D eigenvalue weighted by molar-refractivity contribution is -0.137. The normalized spacial score (nSPS) is 21.3. The summed E-state index contributed by atoms with van der Waals surface area (Å²) in [6.45, 7) is 6.93. The van der Waals surface area contributed by atoms with Gasteiger partial charge >= 0.3 is 0 Å². The maximum absolute atomic E-state index is 12.9. The van der Waals surface area contributed by atoms with Crippen molar-refractivity contribution in [2.45, 2.75) is 19.3 Å². The van der Waals surface area contributed by atoms with Gasteiger partial charge in [-0.25, -0.2) is 0 Å². The Morgan fingerprint density at radius 3 is 2.81 bits per heavy atom. The van der Waals surface area contributed by atoms with E-state index in [1.807, 2.05) is 29.2 Å². The molecule has 0 saturated carbocycles. The number of anilines is 1. The van der Waals surface area contributed by atoms with Crippen LogP contribution in [-0.2, 0) is 14.3 Å². The number of halogens is 1. The Balaban J connectivity index is 1.53. The van der Waals surface area contributed by atoms with E-state index in [1.54, 1.807) is 11.0 Å². The minimum atomic E-state index is -0.241. The molecule has 2 saturated heterocycles. The highest BCUT2D eigenvalue weighted by molar-refractivity contribution is 9.10. The fourth-order valence-corrected chi connectivity index (χ4v) is 4.05. The Hall–Kier alpha value is -1.66. The average molecular weight is 421 g/mol. The molecule has 6 heteroatoms. The summed E-state index contributed by atoms with van der Waals surface area (Å²) in [7, 11) is 0. The third-order valence-electron chi connectivity index (χ3n) is 5.11. The van der Waals surface area contributed by atoms with Gasteiger partial charge in [0.1, 0.15) is 0 Å². The predicted octanol–water partition coefficient (Wildman–Crippen LogP) is 3.24. The third-order valence-corrected chi connectivity index (χ3v) is 5.60. The molecule has 2 fully saturated rings. The number of nitrogens with zero attached hydrogens (tertiary/aromatic N) is 2. The van der Waals surface area contributed by atoms with Crippen molar-refractivity contribution in [2.75, 3.05) is 37.7 Å². The molecule has 0 radical (unpaired) electrons. The van der Waals surface area contributed by atoms with E-state index in [4.69, 9.17) is 4.74 Å². The zero-order valence-electron chi connectivity index (χ0n) is 14.9. The Labute approximate surface area is 163 Å². The van der Waals surface area contributed by atoms with Crippen LogP contribution >= 0.6 is 15.9 Å². The fraction of sp³-hybridized carbons (Fsp3) is 0.500. The molecule has 2 heterocycles. The van der Waals surface area contributed by atoms with Gasteiger partial charge in [-0.1, -0.05) is 28.1 Å². The van der Waals surface area contributed by atoms with E-state index in [-0.39, 0.29) is 17.7 Å². The second-order valence-electron chi connectivity index (χ2n) is 6.98. The number of amides is 2. The zero-order chi connectivity index (χ0) is 18.5. The standard InChI is InChI=1S/C20H25BrN2O3/c1-2-10-26-14-15-6-8-22(9-7-15)20(25)16-11-19(24)23(13-16)18-5-3-4-17(21)12-18/h2-5,12,15-16H,1,6-11,13-14H2. The molecule has 1 aromatic rings. The number of hydrogen-bond acceptors (Lipinski definition) is 3. The quantitative estimate of drug-likeness (QED) is 0.524. The van der Waals surface area contributed by atoms with Gasteiger partial charge in [0.15, 0.2) is 0 Å². The van der Waals surface area contributed by atoms with E-state index >= 15 is 0 Å². The lowest BCUT2D eigenvalue weighted by Crippen LogP contribution is -2.43. The van der Waals surface area contributed by atoms with Crippen LogP contribution in [-0.4, -0.2) is 49.6 Å². The lowest BCUT2D eigenvalue weighted by Gasteiger charge is -2.33. The molecule has 26 heavy (non-hydrogen) atoms. The maximum atomic E-state index is 12.9. The van der Waals surface area contributed by atoms with E-state index in [0.717, 1.165) is 42.7 Å². The van der Waals surface area contributed by atoms with Gasteiger partial charge in [0.05, 0.1) is 12.5 Å². The van der Waals surface area contributed by atoms with Gasteiger partial charge in [-0.15, -0.1) is 6.58 Å². The van der Waals surface area contributed by atoms with Gasteiger partial charge in [-0.3, -0.25) is 9.59 Å². The van der Waals surface area contributed by atoms with Crippen molar-refractivity contribution in [1.82, 2.24) is 4.90 Å². The Kier molecular flexibility index (Phi) is 6.48. The summed E-state index contributed by atoms with van der Waals surface area (Å²) in [4.78, 5) is 28.9. The molecule has 5 nitrogen and oxygen atoms in total. The van der Waals surface area contributed by atoms with E-state index < -0.39 is 0 Å². The number of rotatable bonds is 6. The first-order valence-electron chi connectivity index (χ1n) is 9.12. The van der Waals surface area contributed by atoms with Crippen LogP contribution in [0.2, 0.25) is 0 Å². The van der Waals surface area contributed by atoms with Gasteiger partial charge in [0, 0.05) is 42.8 Å². The Morgan fingerprint density at radius 2 is 2.12 bits per heavy atom.